The first kappa shape index (κ1) is 10.7. The topological polar surface area (TPSA) is 29.5 Å². The molecule has 2 nitrogen and oxygen atoms in total. The molecule has 82 valence electrons. The second-order valence-electron chi connectivity index (χ2n) is 4.81. The van der Waals surface area contributed by atoms with Crippen molar-refractivity contribution in [2.24, 2.45) is 0 Å². The molecular formula is C13H18O2. The summed E-state index contributed by atoms with van der Waals surface area (Å²) in [7, 11) is 0. The van der Waals surface area contributed by atoms with Crippen LogP contribution in [0.25, 0.3) is 0 Å². The van der Waals surface area contributed by atoms with Gasteiger partial charge in [0.05, 0.1) is 17.8 Å². The van der Waals surface area contributed by atoms with Crippen LogP contribution in [0.3, 0.4) is 0 Å². The molecule has 0 bridgehead atoms. The maximum atomic E-state index is 9.28. The Balaban J connectivity index is 2.24. The summed E-state index contributed by atoms with van der Waals surface area (Å²) in [4.78, 5) is 0. The molecule has 1 aromatic carbocycles. The van der Waals surface area contributed by atoms with Gasteiger partial charge >= 0.3 is 0 Å². The first-order valence-electron chi connectivity index (χ1n) is 5.45. The smallest absolute Gasteiger partial charge is 0.0912 e. The van der Waals surface area contributed by atoms with Gasteiger partial charge in [-0.15, -0.1) is 0 Å². The second-order valence-corrected chi connectivity index (χ2v) is 4.81. The minimum absolute atomic E-state index is 0.0927. The highest BCUT2D eigenvalue weighted by molar-refractivity contribution is 5.23. The van der Waals surface area contributed by atoms with Crippen LogP contribution in [0.1, 0.15) is 32.3 Å². The van der Waals surface area contributed by atoms with E-state index in [1.165, 1.54) is 5.56 Å². The Morgan fingerprint density at radius 3 is 2.40 bits per heavy atom. The van der Waals surface area contributed by atoms with Crippen LogP contribution in [0.2, 0.25) is 0 Å². The lowest BCUT2D eigenvalue weighted by Gasteiger charge is -2.29. The predicted octanol–water partition coefficient (Wildman–Crippen LogP) is 2.46. The third kappa shape index (κ3) is 1.92. The summed E-state index contributed by atoms with van der Waals surface area (Å²) in [6.07, 6.45) is 1.88. The zero-order valence-corrected chi connectivity index (χ0v) is 9.36. The molecule has 0 aliphatic carbocycles. The van der Waals surface area contributed by atoms with Gasteiger partial charge in [0.1, 0.15) is 0 Å². The largest absolute Gasteiger partial charge is 0.393 e. The predicted molar refractivity (Wildman–Crippen MR) is 59.6 cm³/mol. The van der Waals surface area contributed by atoms with Gasteiger partial charge in [-0.3, -0.25) is 0 Å². The maximum absolute atomic E-state index is 9.28. The molecule has 2 heteroatoms. The third-order valence-corrected chi connectivity index (χ3v) is 3.32. The average molecular weight is 206 g/mol. The third-order valence-electron chi connectivity index (χ3n) is 3.32. The van der Waals surface area contributed by atoms with Gasteiger partial charge in [-0.05, 0) is 32.3 Å². The number of aliphatic hydroxyl groups is 1. The Hall–Kier alpha value is -0.860. The summed E-state index contributed by atoms with van der Waals surface area (Å²) in [6, 6.07) is 10.2. The standard InChI is InChI=1S/C13H18O2/c1-12(10-14)8-9-13(2,15-12)11-6-4-3-5-7-11/h3-7,14H,8-10H2,1-2H3/t12-,13-/m1/s1. The number of hydrogen-bond acceptors (Lipinski definition) is 2. The molecule has 0 spiro atoms. The van der Waals surface area contributed by atoms with E-state index in [-0.39, 0.29) is 17.8 Å². The molecule has 1 saturated heterocycles. The Labute approximate surface area is 90.9 Å². The Kier molecular flexibility index (Phi) is 2.57. The van der Waals surface area contributed by atoms with E-state index in [2.05, 4.69) is 19.1 Å². The van der Waals surface area contributed by atoms with Gasteiger partial charge in [0.25, 0.3) is 0 Å². The molecule has 1 heterocycles. The first-order chi connectivity index (χ1) is 7.08. The number of ether oxygens (including phenoxy) is 1. The van der Waals surface area contributed by atoms with Gasteiger partial charge in [0, 0.05) is 0 Å². The molecule has 0 radical (unpaired) electrons. The Morgan fingerprint density at radius 2 is 1.87 bits per heavy atom. The zero-order chi connectivity index (χ0) is 10.9. The van der Waals surface area contributed by atoms with Crippen LogP contribution in [-0.4, -0.2) is 17.3 Å². The van der Waals surface area contributed by atoms with E-state index >= 15 is 0 Å². The van der Waals surface area contributed by atoms with Crippen molar-refractivity contribution in [2.45, 2.75) is 37.9 Å². The summed E-state index contributed by atoms with van der Waals surface area (Å²) in [6.45, 7) is 4.17. The molecule has 15 heavy (non-hydrogen) atoms. The van der Waals surface area contributed by atoms with Gasteiger partial charge < -0.3 is 9.84 Å². The number of hydrogen-bond donors (Lipinski definition) is 1. The monoisotopic (exact) mass is 206 g/mol. The molecule has 1 aliphatic rings. The quantitative estimate of drug-likeness (QED) is 0.805. The fourth-order valence-electron chi connectivity index (χ4n) is 2.25. The second kappa shape index (κ2) is 3.62. The summed E-state index contributed by atoms with van der Waals surface area (Å²) >= 11 is 0. The number of benzene rings is 1. The molecule has 2 rings (SSSR count). The Bertz CT molecular complexity index is 336. The molecule has 1 aromatic rings. The van der Waals surface area contributed by atoms with Crippen molar-refractivity contribution in [1.82, 2.24) is 0 Å². The highest BCUT2D eigenvalue weighted by Gasteiger charge is 2.44. The minimum atomic E-state index is -0.370. The van der Waals surface area contributed by atoms with Crippen LogP contribution in [0.4, 0.5) is 0 Å². The average Bonchev–Trinajstić information content (AvgIpc) is 2.59. The van der Waals surface area contributed by atoms with Crippen molar-refractivity contribution in [3.8, 4) is 0 Å². The van der Waals surface area contributed by atoms with Crippen molar-refractivity contribution in [3.63, 3.8) is 0 Å². The van der Waals surface area contributed by atoms with E-state index in [1.54, 1.807) is 0 Å². The number of aliphatic hydroxyl groups excluding tert-OH is 1. The molecule has 0 aromatic heterocycles. The molecule has 0 amide bonds. The molecule has 1 aliphatic heterocycles. The van der Waals surface area contributed by atoms with E-state index in [4.69, 9.17) is 4.74 Å². The van der Waals surface area contributed by atoms with Crippen LogP contribution in [0.15, 0.2) is 30.3 Å². The first-order valence-corrected chi connectivity index (χ1v) is 5.45. The van der Waals surface area contributed by atoms with Gasteiger partial charge in [0.2, 0.25) is 0 Å². The molecule has 2 atom stereocenters. The van der Waals surface area contributed by atoms with E-state index in [0.29, 0.717) is 0 Å². The Morgan fingerprint density at radius 1 is 1.20 bits per heavy atom. The molecule has 1 N–H and O–H groups in total. The van der Waals surface area contributed by atoms with Gasteiger partial charge in [-0.1, -0.05) is 30.3 Å². The van der Waals surface area contributed by atoms with E-state index in [9.17, 15) is 5.11 Å². The molecule has 1 fully saturated rings. The van der Waals surface area contributed by atoms with E-state index < -0.39 is 0 Å². The summed E-state index contributed by atoms with van der Waals surface area (Å²) in [5.41, 5.74) is 0.589. The molecule has 0 saturated carbocycles. The van der Waals surface area contributed by atoms with Crippen molar-refractivity contribution in [1.29, 1.82) is 0 Å². The summed E-state index contributed by atoms with van der Waals surface area (Å²) in [5, 5.41) is 9.28. The maximum Gasteiger partial charge on any atom is 0.0912 e. The van der Waals surface area contributed by atoms with Crippen LogP contribution < -0.4 is 0 Å². The van der Waals surface area contributed by atoms with Gasteiger partial charge in [0.15, 0.2) is 0 Å². The lowest BCUT2D eigenvalue weighted by molar-refractivity contribution is -0.111. The van der Waals surface area contributed by atoms with Gasteiger partial charge in [-0.25, -0.2) is 0 Å². The molecular weight excluding hydrogens is 188 g/mol. The van der Waals surface area contributed by atoms with E-state index in [1.807, 2.05) is 25.1 Å². The fourth-order valence-corrected chi connectivity index (χ4v) is 2.25. The number of rotatable bonds is 2. The molecule has 0 unspecified atom stereocenters. The van der Waals surface area contributed by atoms with Crippen LogP contribution in [0.5, 0.6) is 0 Å². The van der Waals surface area contributed by atoms with Crippen LogP contribution in [-0.2, 0) is 10.3 Å². The van der Waals surface area contributed by atoms with Crippen LogP contribution in [0, 0.1) is 0 Å². The lowest BCUT2D eigenvalue weighted by atomic mass is 9.92. The summed E-state index contributed by atoms with van der Waals surface area (Å²) in [5.74, 6) is 0. The SMILES string of the molecule is C[C@]1(CO)CC[C@](C)(c2ccccc2)O1. The van der Waals surface area contributed by atoms with Gasteiger partial charge in [-0.2, -0.15) is 0 Å². The van der Waals surface area contributed by atoms with E-state index in [0.717, 1.165) is 12.8 Å². The van der Waals surface area contributed by atoms with Crippen LogP contribution >= 0.6 is 0 Å². The lowest BCUT2D eigenvalue weighted by Crippen LogP contribution is -2.32. The van der Waals surface area contributed by atoms with Crippen molar-refractivity contribution in [3.05, 3.63) is 35.9 Å². The summed E-state index contributed by atoms with van der Waals surface area (Å²) < 4.78 is 6.02. The zero-order valence-electron chi connectivity index (χ0n) is 9.36. The van der Waals surface area contributed by atoms with Crippen molar-refractivity contribution >= 4 is 0 Å². The minimum Gasteiger partial charge on any atom is -0.393 e. The van der Waals surface area contributed by atoms with Crippen molar-refractivity contribution < 1.29 is 9.84 Å². The highest BCUT2D eigenvalue weighted by Crippen LogP contribution is 2.43. The van der Waals surface area contributed by atoms with Crippen molar-refractivity contribution in [2.75, 3.05) is 6.61 Å². The normalized spacial score (nSPS) is 35.7. The fraction of sp³-hybridized carbons (Fsp3) is 0.538. The highest BCUT2D eigenvalue weighted by atomic mass is 16.5.